The second-order valence-corrected chi connectivity index (χ2v) is 6.40. The van der Waals surface area contributed by atoms with Crippen LogP contribution in [0.15, 0.2) is 24.3 Å². The molecule has 1 aromatic carbocycles. The van der Waals surface area contributed by atoms with Crippen LogP contribution in [-0.2, 0) is 11.2 Å². The Morgan fingerprint density at radius 2 is 1.86 bits per heavy atom. The predicted molar refractivity (Wildman–Crippen MR) is 87.4 cm³/mol. The first kappa shape index (κ1) is 16.3. The van der Waals surface area contributed by atoms with Gasteiger partial charge in [-0.1, -0.05) is 30.7 Å². The third kappa shape index (κ3) is 4.72. The molecule has 4 heteroatoms. The van der Waals surface area contributed by atoms with Gasteiger partial charge in [0, 0.05) is 23.7 Å². The monoisotopic (exact) mass is 308 g/mol. The van der Waals surface area contributed by atoms with Gasteiger partial charge in [0.05, 0.1) is 6.42 Å². The van der Waals surface area contributed by atoms with Crippen molar-refractivity contribution in [3.63, 3.8) is 0 Å². The van der Waals surface area contributed by atoms with Crippen LogP contribution < -0.4 is 5.73 Å². The van der Waals surface area contributed by atoms with Gasteiger partial charge in [0.25, 0.3) is 0 Å². The maximum Gasteiger partial charge on any atom is 0.227 e. The van der Waals surface area contributed by atoms with Crippen molar-refractivity contribution in [1.29, 1.82) is 0 Å². The molecule has 0 bridgehead atoms. The van der Waals surface area contributed by atoms with Crippen LogP contribution >= 0.6 is 11.6 Å². The van der Waals surface area contributed by atoms with Crippen LogP contribution in [0.4, 0.5) is 0 Å². The van der Waals surface area contributed by atoms with Gasteiger partial charge >= 0.3 is 0 Å². The van der Waals surface area contributed by atoms with E-state index in [0.29, 0.717) is 23.5 Å². The lowest BCUT2D eigenvalue weighted by Gasteiger charge is -2.36. The molecule has 1 aliphatic carbocycles. The van der Waals surface area contributed by atoms with Gasteiger partial charge < -0.3 is 10.6 Å². The summed E-state index contributed by atoms with van der Waals surface area (Å²) in [4.78, 5) is 14.7. The van der Waals surface area contributed by atoms with E-state index < -0.39 is 0 Å². The van der Waals surface area contributed by atoms with Crippen LogP contribution in [0.1, 0.15) is 44.6 Å². The number of hydrogen-bond acceptors (Lipinski definition) is 2. The lowest BCUT2D eigenvalue weighted by Crippen LogP contribution is -2.45. The molecule has 1 amide bonds. The van der Waals surface area contributed by atoms with Gasteiger partial charge in [-0.05, 0) is 49.8 Å². The first-order chi connectivity index (χ1) is 10.1. The van der Waals surface area contributed by atoms with Crippen molar-refractivity contribution in [3.05, 3.63) is 34.9 Å². The topological polar surface area (TPSA) is 46.3 Å². The van der Waals surface area contributed by atoms with Gasteiger partial charge in [-0.15, -0.1) is 0 Å². The smallest absolute Gasteiger partial charge is 0.227 e. The highest BCUT2D eigenvalue weighted by atomic mass is 35.5. The third-order valence-corrected chi connectivity index (χ3v) is 4.49. The van der Waals surface area contributed by atoms with Crippen molar-refractivity contribution in [2.24, 2.45) is 5.73 Å². The Morgan fingerprint density at radius 1 is 1.24 bits per heavy atom. The quantitative estimate of drug-likeness (QED) is 0.906. The summed E-state index contributed by atoms with van der Waals surface area (Å²) < 4.78 is 0. The number of rotatable bonds is 5. The first-order valence-corrected chi connectivity index (χ1v) is 8.27. The summed E-state index contributed by atoms with van der Waals surface area (Å²) in [5.41, 5.74) is 6.99. The number of nitrogens with zero attached hydrogens (tertiary/aromatic N) is 1. The fourth-order valence-electron chi connectivity index (χ4n) is 3.04. The average molecular weight is 309 g/mol. The van der Waals surface area contributed by atoms with E-state index in [1.165, 1.54) is 0 Å². The zero-order chi connectivity index (χ0) is 15.2. The SMILES string of the molecule is CCCN(C(=O)Cc1ccc(Cl)cc1)C1CCC(N)CC1. The van der Waals surface area contributed by atoms with E-state index in [2.05, 4.69) is 11.8 Å². The van der Waals surface area contributed by atoms with Crippen molar-refractivity contribution >= 4 is 17.5 Å². The van der Waals surface area contributed by atoms with Crippen LogP contribution in [0.2, 0.25) is 5.02 Å². The molecule has 1 aromatic rings. The molecule has 0 unspecified atom stereocenters. The molecular formula is C17H25ClN2O. The van der Waals surface area contributed by atoms with Crippen molar-refractivity contribution in [3.8, 4) is 0 Å². The third-order valence-electron chi connectivity index (χ3n) is 4.24. The molecule has 1 saturated carbocycles. The van der Waals surface area contributed by atoms with Crippen LogP contribution in [0.3, 0.4) is 0 Å². The Kier molecular flexibility index (Phi) is 6.07. The minimum absolute atomic E-state index is 0.222. The Hall–Kier alpha value is -1.06. The minimum Gasteiger partial charge on any atom is -0.339 e. The summed E-state index contributed by atoms with van der Waals surface area (Å²) in [7, 11) is 0. The summed E-state index contributed by atoms with van der Waals surface area (Å²) >= 11 is 5.89. The second-order valence-electron chi connectivity index (χ2n) is 5.96. The molecule has 2 rings (SSSR count). The molecule has 0 heterocycles. The lowest BCUT2D eigenvalue weighted by atomic mass is 9.90. The van der Waals surface area contributed by atoms with Gasteiger partial charge in [0.15, 0.2) is 0 Å². The molecule has 0 aromatic heterocycles. The molecular weight excluding hydrogens is 284 g/mol. The fourth-order valence-corrected chi connectivity index (χ4v) is 3.17. The number of amides is 1. The molecule has 0 aliphatic heterocycles. The molecule has 21 heavy (non-hydrogen) atoms. The normalized spacial score (nSPS) is 22.0. The van der Waals surface area contributed by atoms with Crippen LogP contribution in [0, 0.1) is 0 Å². The van der Waals surface area contributed by atoms with Crippen LogP contribution in [0.25, 0.3) is 0 Å². The van der Waals surface area contributed by atoms with E-state index >= 15 is 0 Å². The number of benzene rings is 1. The van der Waals surface area contributed by atoms with E-state index in [1.54, 1.807) is 0 Å². The highest BCUT2D eigenvalue weighted by Crippen LogP contribution is 2.23. The highest BCUT2D eigenvalue weighted by Gasteiger charge is 2.27. The minimum atomic E-state index is 0.222. The molecule has 2 N–H and O–H groups in total. The van der Waals surface area contributed by atoms with Crippen LogP contribution in [0.5, 0.6) is 0 Å². The number of carbonyl (C=O) groups is 1. The van der Waals surface area contributed by atoms with Crippen molar-refractivity contribution in [2.75, 3.05) is 6.54 Å². The lowest BCUT2D eigenvalue weighted by molar-refractivity contribution is -0.133. The van der Waals surface area contributed by atoms with Gasteiger partial charge in [-0.25, -0.2) is 0 Å². The van der Waals surface area contributed by atoms with Gasteiger partial charge in [0.1, 0.15) is 0 Å². The Morgan fingerprint density at radius 3 is 2.43 bits per heavy atom. The Labute approximate surface area is 132 Å². The summed E-state index contributed by atoms with van der Waals surface area (Å²) in [6.07, 6.45) is 5.58. The highest BCUT2D eigenvalue weighted by molar-refractivity contribution is 6.30. The second kappa shape index (κ2) is 7.81. The first-order valence-electron chi connectivity index (χ1n) is 7.89. The van der Waals surface area contributed by atoms with Gasteiger partial charge in [0.2, 0.25) is 5.91 Å². The zero-order valence-corrected chi connectivity index (χ0v) is 13.5. The summed E-state index contributed by atoms with van der Waals surface area (Å²) in [6, 6.07) is 8.23. The Bertz CT molecular complexity index is 452. The number of carbonyl (C=O) groups excluding carboxylic acids is 1. The largest absolute Gasteiger partial charge is 0.339 e. The predicted octanol–water partition coefficient (Wildman–Crippen LogP) is 3.39. The van der Waals surface area contributed by atoms with Crippen LogP contribution in [-0.4, -0.2) is 29.4 Å². The van der Waals surface area contributed by atoms with Gasteiger partial charge in [-0.3, -0.25) is 4.79 Å². The number of hydrogen-bond donors (Lipinski definition) is 1. The molecule has 1 fully saturated rings. The maximum atomic E-state index is 12.6. The molecule has 1 aliphatic rings. The van der Waals surface area contributed by atoms with E-state index in [1.807, 2.05) is 24.3 Å². The maximum absolute atomic E-state index is 12.6. The zero-order valence-electron chi connectivity index (χ0n) is 12.7. The molecule has 0 radical (unpaired) electrons. The fraction of sp³-hybridized carbons (Fsp3) is 0.588. The average Bonchev–Trinajstić information content (AvgIpc) is 2.48. The van der Waals surface area contributed by atoms with E-state index in [4.69, 9.17) is 17.3 Å². The summed E-state index contributed by atoms with van der Waals surface area (Å²) in [5.74, 6) is 0.222. The Balaban J connectivity index is 1.99. The molecule has 0 spiro atoms. The summed E-state index contributed by atoms with van der Waals surface area (Å²) in [6.45, 7) is 2.96. The van der Waals surface area contributed by atoms with E-state index in [0.717, 1.165) is 44.2 Å². The molecule has 3 nitrogen and oxygen atoms in total. The van der Waals surface area contributed by atoms with Crippen molar-refractivity contribution < 1.29 is 4.79 Å². The molecule has 116 valence electrons. The van der Waals surface area contributed by atoms with Crippen molar-refractivity contribution in [1.82, 2.24) is 4.90 Å². The number of nitrogens with two attached hydrogens (primary N) is 1. The van der Waals surface area contributed by atoms with Gasteiger partial charge in [-0.2, -0.15) is 0 Å². The molecule has 0 saturated heterocycles. The van der Waals surface area contributed by atoms with E-state index in [9.17, 15) is 4.79 Å². The summed E-state index contributed by atoms with van der Waals surface area (Å²) in [5, 5.41) is 0.706. The standard InChI is InChI=1S/C17H25ClN2O/c1-2-11-20(16-9-7-15(19)8-10-16)17(21)12-13-3-5-14(18)6-4-13/h3-6,15-16H,2,7-12,19H2,1H3. The number of halogens is 1. The van der Waals surface area contributed by atoms with E-state index in [-0.39, 0.29) is 5.91 Å². The molecule has 0 atom stereocenters. The van der Waals surface area contributed by atoms with Crippen molar-refractivity contribution in [2.45, 2.75) is 57.5 Å².